The molecule has 0 aliphatic carbocycles. The minimum absolute atomic E-state index is 0.111. The standard InChI is InChI=1S/C26H34BrF3N4OSi/c1-8-36(9-2,10-3)35-25(6,7)26(29,30)21-13-11-12-19(22(21)28)16(4)32-24-20-14-18(27)15-31-23(20)33-17(5)34-24/h11-16H,8-10H2,1-7H3,(H,31,32,33,34)/t16-/m1/s1. The first-order valence-electron chi connectivity index (χ1n) is 12.2. The monoisotopic (exact) mass is 582 g/mol. The fourth-order valence-electron chi connectivity index (χ4n) is 4.51. The van der Waals surface area contributed by atoms with E-state index >= 15 is 13.2 Å². The third-order valence-corrected chi connectivity index (χ3v) is 12.2. The Morgan fingerprint density at radius 1 is 1.11 bits per heavy atom. The lowest BCUT2D eigenvalue weighted by Gasteiger charge is -2.42. The second kappa shape index (κ2) is 10.7. The summed E-state index contributed by atoms with van der Waals surface area (Å²) in [5, 5.41) is 3.81. The molecule has 1 aromatic carbocycles. The van der Waals surface area contributed by atoms with Gasteiger partial charge in [0.2, 0.25) is 0 Å². The molecule has 0 fully saturated rings. The van der Waals surface area contributed by atoms with E-state index in [1.807, 2.05) is 26.8 Å². The molecule has 3 aromatic rings. The summed E-state index contributed by atoms with van der Waals surface area (Å²) in [7, 11) is -2.37. The molecule has 2 heterocycles. The number of aromatic nitrogens is 3. The number of benzene rings is 1. The molecule has 0 aliphatic heterocycles. The van der Waals surface area contributed by atoms with Gasteiger partial charge in [-0.15, -0.1) is 0 Å². The largest absolute Gasteiger partial charge is 0.405 e. The predicted octanol–water partition coefficient (Wildman–Crippen LogP) is 8.30. The van der Waals surface area contributed by atoms with Gasteiger partial charge in [-0.25, -0.2) is 19.3 Å². The summed E-state index contributed by atoms with van der Waals surface area (Å²) in [5.41, 5.74) is -1.94. The molecule has 0 spiro atoms. The third kappa shape index (κ3) is 5.45. The average Bonchev–Trinajstić information content (AvgIpc) is 2.82. The van der Waals surface area contributed by atoms with Crippen molar-refractivity contribution < 1.29 is 17.6 Å². The average molecular weight is 584 g/mol. The van der Waals surface area contributed by atoms with Crippen LogP contribution in [-0.4, -0.2) is 28.9 Å². The van der Waals surface area contributed by atoms with E-state index in [1.54, 1.807) is 20.0 Å². The number of fused-ring (bicyclic) bond motifs is 1. The number of hydrogen-bond acceptors (Lipinski definition) is 5. The van der Waals surface area contributed by atoms with Gasteiger partial charge in [-0.2, -0.15) is 8.78 Å². The van der Waals surface area contributed by atoms with Crippen molar-refractivity contribution >= 4 is 41.1 Å². The van der Waals surface area contributed by atoms with Crippen LogP contribution in [-0.2, 0) is 10.3 Å². The van der Waals surface area contributed by atoms with Gasteiger partial charge in [0.1, 0.15) is 23.1 Å². The van der Waals surface area contributed by atoms with Gasteiger partial charge < -0.3 is 9.74 Å². The highest BCUT2D eigenvalue weighted by Crippen LogP contribution is 2.46. The normalized spacial score (nSPS) is 13.8. The molecule has 0 saturated carbocycles. The number of hydrogen-bond donors (Lipinski definition) is 1. The van der Waals surface area contributed by atoms with E-state index in [0.29, 0.717) is 22.7 Å². The van der Waals surface area contributed by atoms with Crippen molar-refractivity contribution in [2.45, 2.75) is 84.2 Å². The van der Waals surface area contributed by atoms with Crippen LogP contribution in [0.15, 0.2) is 34.9 Å². The number of aryl methyl sites for hydroxylation is 1. The van der Waals surface area contributed by atoms with E-state index in [-0.39, 0.29) is 5.56 Å². The molecule has 36 heavy (non-hydrogen) atoms. The predicted molar refractivity (Wildman–Crippen MR) is 144 cm³/mol. The highest BCUT2D eigenvalue weighted by Gasteiger charge is 2.54. The molecule has 1 N–H and O–H groups in total. The van der Waals surface area contributed by atoms with Crippen molar-refractivity contribution in [1.82, 2.24) is 15.0 Å². The van der Waals surface area contributed by atoms with Crippen LogP contribution in [0.4, 0.5) is 19.0 Å². The second-order valence-electron chi connectivity index (χ2n) is 9.65. The first kappa shape index (κ1) is 28.5. The van der Waals surface area contributed by atoms with E-state index in [1.165, 1.54) is 26.0 Å². The molecule has 0 saturated heterocycles. The quantitative estimate of drug-likeness (QED) is 0.243. The van der Waals surface area contributed by atoms with Crippen LogP contribution in [0.25, 0.3) is 11.0 Å². The lowest BCUT2D eigenvalue weighted by Crippen LogP contribution is -2.52. The number of rotatable bonds is 10. The van der Waals surface area contributed by atoms with Gasteiger partial charge in [0.15, 0.2) is 14.0 Å². The van der Waals surface area contributed by atoms with Gasteiger partial charge in [-0.05, 0) is 73.9 Å². The zero-order chi connectivity index (χ0) is 26.9. The molecule has 0 radical (unpaired) electrons. The summed E-state index contributed by atoms with van der Waals surface area (Å²) < 4.78 is 54.5. The lowest BCUT2D eigenvalue weighted by atomic mass is 9.91. The van der Waals surface area contributed by atoms with E-state index in [9.17, 15) is 0 Å². The Labute approximate surface area is 220 Å². The zero-order valence-corrected chi connectivity index (χ0v) is 24.4. The van der Waals surface area contributed by atoms with Crippen LogP contribution in [0, 0.1) is 12.7 Å². The van der Waals surface area contributed by atoms with Crippen LogP contribution in [0.5, 0.6) is 0 Å². The lowest BCUT2D eigenvalue weighted by molar-refractivity contribution is -0.161. The summed E-state index contributed by atoms with van der Waals surface area (Å²) in [6.45, 7) is 12.1. The summed E-state index contributed by atoms with van der Waals surface area (Å²) in [5.74, 6) is -3.56. The molecule has 10 heteroatoms. The molecule has 196 valence electrons. The van der Waals surface area contributed by atoms with Crippen molar-refractivity contribution in [3.05, 3.63) is 57.7 Å². The van der Waals surface area contributed by atoms with Crippen molar-refractivity contribution in [2.75, 3.05) is 5.32 Å². The maximum atomic E-state index is 15.9. The molecule has 0 amide bonds. The Morgan fingerprint density at radius 3 is 2.36 bits per heavy atom. The fraction of sp³-hybridized carbons (Fsp3) is 0.500. The Hall–Kier alpha value is -2.04. The molecule has 2 aromatic heterocycles. The Bertz CT molecular complexity index is 1230. The van der Waals surface area contributed by atoms with Crippen LogP contribution in [0.3, 0.4) is 0 Å². The first-order chi connectivity index (χ1) is 16.8. The van der Waals surface area contributed by atoms with Crippen molar-refractivity contribution in [1.29, 1.82) is 0 Å². The number of pyridine rings is 1. The molecule has 5 nitrogen and oxygen atoms in total. The molecule has 1 atom stereocenters. The molecular weight excluding hydrogens is 549 g/mol. The SMILES string of the molecule is CC[Si](CC)(CC)OC(C)(C)C(F)(F)c1cccc([C@@H](C)Nc2nc(C)nc3ncc(Br)cc23)c1F. The Balaban J connectivity index is 1.99. The Morgan fingerprint density at radius 2 is 1.75 bits per heavy atom. The van der Waals surface area contributed by atoms with E-state index < -0.39 is 37.3 Å². The minimum Gasteiger partial charge on any atom is -0.405 e. The van der Waals surface area contributed by atoms with E-state index in [0.717, 1.165) is 28.7 Å². The van der Waals surface area contributed by atoms with Gasteiger partial charge in [0.25, 0.3) is 0 Å². The smallest absolute Gasteiger partial charge is 0.302 e. The van der Waals surface area contributed by atoms with Crippen LogP contribution in [0.2, 0.25) is 18.1 Å². The molecule has 0 unspecified atom stereocenters. The zero-order valence-electron chi connectivity index (χ0n) is 21.8. The minimum atomic E-state index is -3.54. The topological polar surface area (TPSA) is 59.9 Å². The maximum absolute atomic E-state index is 15.9. The summed E-state index contributed by atoms with van der Waals surface area (Å²) in [6.07, 6.45) is 1.63. The van der Waals surface area contributed by atoms with E-state index in [2.05, 4.69) is 36.2 Å². The molecule has 0 bridgehead atoms. The van der Waals surface area contributed by atoms with Gasteiger partial charge in [-0.1, -0.05) is 32.9 Å². The number of nitrogens with one attached hydrogen (secondary N) is 1. The van der Waals surface area contributed by atoms with Gasteiger partial charge in [0, 0.05) is 16.2 Å². The first-order valence-corrected chi connectivity index (χ1v) is 15.6. The van der Waals surface area contributed by atoms with Crippen LogP contribution < -0.4 is 5.32 Å². The summed E-state index contributed by atoms with van der Waals surface area (Å²) in [6, 6.07) is 7.44. The highest BCUT2D eigenvalue weighted by molar-refractivity contribution is 9.10. The summed E-state index contributed by atoms with van der Waals surface area (Å²) >= 11 is 3.40. The highest BCUT2D eigenvalue weighted by atomic mass is 79.9. The van der Waals surface area contributed by atoms with Crippen molar-refractivity contribution in [3.63, 3.8) is 0 Å². The van der Waals surface area contributed by atoms with Crippen molar-refractivity contribution in [2.24, 2.45) is 0 Å². The van der Waals surface area contributed by atoms with Crippen LogP contribution in [0.1, 0.15) is 64.5 Å². The number of alkyl halides is 2. The molecule has 3 rings (SSSR count). The second-order valence-corrected chi connectivity index (χ2v) is 15.3. The number of nitrogens with zero attached hydrogens (tertiary/aromatic N) is 3. The van der Waals surface area contributed by atoms with Gasteiger partial charge in [0.05, 0.1) is 17.0 Å². The van der Waals surface area contributed by atoms with Crippen LogP contribution >= 0.6 is 15.9 Å². The van der Waals surface area contributed by atoms with Crippen molar-refractivity contribution in [3.8, 4) is 0 Å². The summed E-state index contributed by atoms with van der Waals surface area (Å²) in [4.78, 5) is 13.1. The number of halogens is 4. The van der Waals surface area contributed by atoms with E-state index in [4.69, 9.17) is 4.43 Å². The molecular formula is C26H34BrF3N4OSi. The van der Waals surface area contributed by atoms with Gasteiger partial charge >= 0.3 is 5.92 Å². The Kier molecular flexibility index (Phi) is 8.52. The maximum Gasteiger partial charge on any atom is 0.302 e. The van der Waals surface area contributed by atoms with Gasteiger partial charge in [-0.3, -0.25) is 0 Å². The molecule has 0 aliphatic rings. The third-order valence-electron chi connectivity index (χ3n) is 6.98. The fourth-order valence-corrected chi connectivity index (χ4v) is 7.99. The number of anilines is 1.